The van der Waals surface area contributed by atoms with Gasteiger partial charge in [0.2, 0.25) is 0 Å². The number of nitrogens with one attached hydrogen (secondary N) is 1. The zero-order valence-electron chi connectivity index (χ0n) is 16.2. The predicted octanol–water partition coefficient (Wildman–Crippen LogP) is 3.89. The van der Waals surface area contributed by atoms with E-state index in [0.29, 0.717) is 22.1 Å². The van der Waals surface area contributed by atoms with Crippen LogP contribution >= 0.6 is 22.9 Å². The molecule has 4 aromatic rings. The Morgan fingerprint density at radius 1 is 1.23 bits per heavy atom. The van der Waals surface area contributed by atoms with E-state index in [1.807, 2.05) is 12.1 Å². The van der Waals surface area contributed by atoms with Crippen molar-refractivity contribution >= 4 is 38.9 Å². The first-order valence-electron chi connectivity index (χ1n) is 9.38. The number of nitrogens with zero attached hydrogens (tertiary/aromatic N) is 2. The number of amides is 1. The minimum atomic E-state index is -1.03. The predicted molar refractivity (Wildman–Crippen MR) is 120 cm³/mol. The molecular weight excluding hydrogens is 438 g/mol. The first kappa shape index (κ1) is 21.2. The van der Waals surface area contributed by atoms with Crippen LogP contribution in [0.3, 0.4) is 0 Å². The summed E-state index contributed by atoms with van der Waals surface area (Å²) >= 11 is 7.40. The topological polar surface area (TPSA) is 105 Å². The first-order chi connectivity index (χ1) is 15.0. The summed E-state index contributed by atoms with van der Waals surface area (Å²) < 4.78 is 6.89. The number of hydrogen-bond acceptors (Lipinski definition) is 7. The van der Waals surface area contributed by atoms with Crippen molar-refractivity contribution in [3.05, 3.63) is 71.8 Å². The highest BCUT2D eigenvalue weighted by molar-refractivity contribution is 7.22. The molecule has 0 bridgehead atoms. The molecule has 1 amide bonds. The van der Waals surface area contributed by atoms with E-state index in [0.717, 1.165) is 15.0 Å². The number of hydrogen-bond donors (Lipinski definition) is 3. The van der Waals surface area contributed by atoms with Crippen molar-refractivity contribution in [1.82, 2.24) is 15.3 Å². The molecule has 4 rings (SSSR count). The van der Waals surface area contributed by atoms with Crippen LogP contribution in [0.15, 0.2) is 61.1 Å². The fraction of sp³-hybridized carbons (Fsp3) is 0.136. The van der Waals surface area contributed by atoms with Crippen molar-refractivity contribution in [3.63, 3.8) is 0 Å². The quantitative estimate of drug-likeness (QED) is 0.390. The Morgan fingerprint density at radius 2 is 2.03 bits per heavy atom. The number of pyridine rings is 2. The number of aliphatic hydroxyl groups excluding tert-OH is 2. The third kappa shape index (κ3) is 4.83. The van der Waals surface area contributed by atoms with Gasteiger partial charge in [-0.2, -0.15) is 0 Å². The van der Waals surface area contributed by atoms with Crippen LogP contribution in [0.2, 0.25) is 5.02 Å². The Kier molecular flexibility index (Phi) is 6.43. The molecule has 3 heterocycles. The van der Waals surface area contributed by atoms with Gasteiger partial charge < -0.3 is 20.3 Å². The average molecular weight is 456 g/mol. The molecule has 0 aliphatic rings. The fourth-order valence-corrected chi connectivity index (χ4v) is 4.12. The lowest BCUT2D eigenvalue weighted by atomic mass is 10.1. The molecule has 0 saturated heterocycles. The summed E-state index contributed by atoms with van der Waals surface area (Å²) in [7, 11) is 0. The summed E-state index contributed by atoms with van der Waals surface area (Å²) in [4.78, 5) is 21.9. The largest absolute Gasteiger partial charge is 0.455 e. The Hall–Kier alpha value is -3.04. The van der Waals surface area contributed by atoms with Gasteiger partial charge >= 0.3 is 0 Å². The van der Waals surface area contributed by atoms with Gasteiger partial charge in [0.05, 0.1) is 23.6 Å². The van der Waals surface area contributed by atoms with Gasteiger partial charge in [0.1, 0.15) is 11.4 Å². The van der Waals surface area contributed by atoms with E-state index in [1.54, 1.807) is 42.7 Å². The lowest BCUT2D eigenvalue weighted by Gasteiger charge is -2.10. The number of rotatable bonds is 7. The van der Waals surface area contributed by atoms with Gasteiger partial charge in [-0.1, -0.05) is 11.6 Å². The minimum absolute atomic E-state index is 0.0687. The van der Waals surface area contributed by atoms with E-state index in [4.69, 9.17) is 21.4 Å². The van der Waals surface area contributed by atoms with Gasteiger partial charge in [-0.3, -0.25) is 14.8 Å². The summed E-state index contributed by atoms with van der Waals surface area (Å²) in [6.45, 7) is -0.504. The average Bonchev–Trinajstić information content (AvgIpc) is 3.24. The number of ether oxygens (including phenoxy) is 1. The number of fused-ring (bicyclic) bond motifs is 1. The Morgan fingerprint density at radius 3 is 2.81 bits per heavy atom. The van der Waals surface area contributed by atoms with Crippen molar-refractivity contribution in [2.75, 3.05) is 13.2 Å². The van der Waals surface area contributed by atoms with Crippen molar-refractivity contribution in [3.8, 4) is 21.9 Å². The lowest BCUT2D eigenvalue weighted by Crippen LogP contribution is -2.34. The van der Waals surface area contributed by atoms with Crippen LogP contribution in [-0.2, 0) is 0 Å². The number of carbonyl (C=O) groups is 1. The van der Waals surface area contributed by atoms with Crippen molar-refractivity contribution in [2.45, 2.75) is 6.10 Å². The van der Waals surface area contributed by atoms with Crippen LogP contribution in [0.5, 0.6) is 11.5 Å². The molecule has 0 radical (unpaired) electrons. The molecule has 9 heteroatoms. The molecule has 0 saturated carbocycles. The second kappa shape index (κ2) is 9.40. The molecule has 158 valence electrons. The second-order valence-corrected chi connectivity index (χ2v) is 8.18. The summed E-state index contributed by atoms with van der Waals surface area (Å²) in [5.41, 5.74) is 0.879. The standard InChI is InChI=1S/C22H18ClN3O4S/c23-13-3-5-15(6-4-13)30-18-10-24-11-20-17(18)8-19(31-20)16-2-1-7-25-21(16)22(29)26-9-14(28)12-27/h1-8,10-11,14,27-28H,9,12H2,(H,26,29). The van der Waals surface area contributed by atoms with Crippen LogP contribution in [-0.4, -0.2) is 45.3 Å². The molecule has 3 N–H and O–H groups in total. The third-order valence-corrected chi connectivity index (χ3v) is 5.80. The van der Waals surface area contributed by atoms with Crippen LogP contribution in [0, 0.1) is 0 Å². The number of carbonyl (C=O) groups excluding carboxylic acids is 1. The Labute approximate surface area is 186 Å². The van der Waals surface area contributed by atoms with Crippen LogP contribution in [0.1, 0.15) is 10.5 Å². The zero-order chi connectivity index (χ0) is 21.8. The molecule has 31 heavy (non-hydrogen) atoms. The molecule has 0 aliphatic heterocycles. The number of thiophene rings is 1. The summed E-state index contributed by atoms with van der Waals surface area (Å²) in [6, 6.07) is 12.5. The molecule has 0 aliphatic carbocycles. The van der Waals surface area contributed by atoms with Crippen LogP contribution in [0.4, 0.5) is 0 Å². The number of benzene rings is 1. The monoisotopic (exact) mass is 455 g/mol. The van der Waals surface area contributed by atoms with Gasteiger partial charge in [0.25, 0.3) is 5.91 Å². The van der Waals surface area contributed by atoms with Gasteiger partial charge in [-0.05, 0) is 42.5 Å². The second-order valence-electron chi connectivity index (χ2n) is 6.66. The highest BCUT2D eigenvalue weighted by atomic mass is 35.5. The van der Waals surface area contributed by atoms with E-state index < -0.39 is 18.6 Å². The maximum Gasteiger partial charge on any atom is 0.270 e. The highest BCUT2D eigenvalue weighted by Gasteiger charge is 2.18. The van der Waals surface area contributed by atoms with Gasteiger partial charge in [-0.15, -0.1) is 11.3 Å². The van der Waals surface area contributed by atoms with Gasteiger partial charge in [0, 0.05) is 39.8 Å². The molecule has 0 fully saturated rings. The maximum atomic E-state index is 12.6. The van der Waals surface area contributed by atoms with Gasteiger partial charge in [-0.25, -0.2) is 0 Å². The summed E-state index contributed by atoms with van der Waals surface area (Å²) in [6.07, 6.45) is 3.89. The van der Waals surface area contributed by atoms with Gasteiger partial charge in [0.15, 0.2) is 5.75 Å². The normalized spacial score (nSPS) is 12.0. The molecule has 1 unspecified atom stereocenters. The fourth-order valence-electron chi connectivity index (χ4n) is 2.92. The van der Waals surface area contributed by atoms with Crippen molar-refractivity contribution in [2.24, 2.45) is 0 Å². The number of aromatic nitrogens is 2. The van der Waals surface area contributed by atoms with E-state index in [-0.39, 0.29) is 12.2 Å². The molecule has 3 aromatic heterocycles. The number of halogens is 1. The van der Waals surface area contributed by atoms with Crippen LogP contribution in [0.25, 0.3) is 20.5 Å². The highest BCUT2D eigenvalue weighted by Crippen LogP contribution is 2.39. The van der Waals surface area contributed by atoms with E-state index >= 15 is 0 Å². The molecule has 0 spiro atoms. The zero-order valence-corrected chi connectivity index (χ0v) is 17.7. The SMILES string of the molecule is O=C(NCC(O)CO)c1ncccc1-c1cc2c(Oc3ccc(Cl)cc3)cncc2s1. The van der Waals surface area contributed by atoms with E-state index in [1.165, 1.54) is 17.5 Å². The third-order valence-electron chi connectivity index (χ3n) is 4.45. The molecular formula is C22H18ClN3O4S. The molecule has 1 atom stereocenters. The van der Waals surface area contributed by atoms with E-state index in [2.05, 4.69) is 15.3 Å². The summed E-state index contributed by atoms with van der Waals surface area (Å²) in [5, 5.41) is 22.5. The number of aliphatic hydroxyl groups is 2. The Balaban J connectivity index is 1.67. The van der Waals surface area contributed by atoms with Crippen molar-refractivity contribution in [1.29, 1.82) is 0 Å². The first-order valence-corrected chi connectivity index (χ1v) is 10.6. The maximum absolute atomic E-state index is 12.6. The smallest absolute Gasteiger partial charge is 0.270 e. The van der Waals surface area contributed by atoms with Crippen LogP contribution < -0.4 is 10.1 Å². The lowest BCUT2D eigenvalue weighted by molar-refractivity contribution is 0.0799. The summed E-state index contributed by atoms with van der Waals surface area (Å²) in [5.74, 6) is 0.787. The minimum Gasteiger partial charge on any atom is -0.455 e. The van der Waals surface area contributed by atoms with E-state index in [9.17, 15) is 9.90 Å². The molecule has 1 aromatic carbocycles. The Bertz CT molecular complexity index is 1210. The molecule has 7 nitrogen and oxygen atoms in total. The van der Waals surface area contributed by atoms with Crippen molar-refractivity contribution < 1.29 is 19.7 Å².